The second kappa shape index (κ2) is 7.47. The molecule has 2 rings (SSSR count). The predicted molar refractivity (Wildman–Crippen MR) is 82.9 cm³/mol. The number of piperazine rings is 1. The molecule has 0 atom stereocenters. The first kappa shape index (κ1) is 15.9. The van der Waals surface area contributed by atoms with Crippen molar-refractivity contribution >= 4 is 23.4 Å². The molecule has 21 heavy (non-hydrogen) atoms. The van der Waals surface area contributed by atoms with E-state index in [1.165, 1.54) is 4.90 Å². The molecular formula is C14H21ClN4O2. The summed E-state index contributed by atoms with van der Waals surface area (Å²) in [5, 5.41) is 0.686. The van der Waals surface area contributed by atoms with Crippen LogP contribution in [0.15, 0.2) is 18.5 Å². The highest BCUT2D eigenvalue weighted by atomic mass is 35.5. The van der Waals surface area contributed by atoms with Gasteiger partial charge in [0.25, 0.3) is 0 Å². The molecule has 1 aliphatic rings. The molecule has 1 amide bonds. The molecule has 0 bridgehead atoms. The van der Waals surface area contributed by atoms with E-state index in [0.717, 1.165) is 38.4 Å². The summed E-state index contributed by atoms with van der Waals surface area (Å²) in [4.78, 5) is 21.3. The zero-order chi connectivity index (χ0) is 15.2. The van der Waals surface area contributed by atoms with E-state index in [9.17, 15) is 4.79 Å². The van der Waals surface area contributed by atoms with Gasteiger partial charge in [0.05, 0.1) is 10.7 Å². The summed E-state index contributed by atoms with van der Waals surface area (Å²) in [6.45, 7) is 4.86. The largest absolute Gasteiger partial charge is 0.448 e. The molecule has 0 unspecified atom stereocenters. The number of hydrogen-bond acceptors (Lipinski definition) is 5. The molecule has 7 heteroatoms. The van der Waals surface area contributed by atoms with Crippen LogP contribution in [0, 0.1) is 0 Å². The highest BCUT2D eigenvalue weighted by molar-refractivity contribution is 6.33. The summed E-state index contributed by atoms with van der Waals surface area (Å²) in [6.07, 6.45) is 3.13. The maximum absolute atomic E-state index is 11.3. The van der Waals surface area contributed by atoms with Gasteiger partial charge in [0.15, 0.2) is 0 Å². The number of amides is 1. The Morgan fingerprint density at radius 1 is 1.38 bits per heavy atom. The number of pyridine rings is 1. The molecule has 1 aromatic rings. The minimum atomic E-state index is -0.294. The van der Waals surface area contributed by atoms with E-state index >= 15 is 0 Å². The minimum Gasteiger partial charge on any atom is -0.448 e. The van der Waals surface area contributed by atoms with Gasteiger partial charge in [-0.2, -0.15) is 0 Å². The maximum Gasteiger partial charge on any atom is 0.409 e. The van der Waals surface area contributed by atoms with Crippen molar-refractivity contribution in [2.45, 2.75) is 0 Å². The number of hydrogen-bond donors (Lipinski definition) is 0. The van der Waals surface area contributed by atoms with Crippen LogP contribution in [0.5, 0.6) is 0 Å². The van der Waals surface area contributed by atoms with Gasteiger partial charge in [0.2, 0.25) is 0 Å². The van der Waals surface area contributed by atoms with Crippen LogP contribution in [-0.2, 0) is 4.74 Å². The molecule has 6 nitrogen and oxygen atoms in total. The van der Waals surface area contributed by atoms with Crippen LogP contribution in [0.3, 0.4) is 0 Å². The number of carbonyl (C=O) groups excluding carboxylic acids is 1. The van der Waals surface area contributed by atoms with Crippen molar-refractivity contribution < 1.29 is 9.53 Å². The number of halogens is 1. The lowest BCUT2D eigenvalue weighted by atomic mass is 10.2. The summed E-state index contributed by atoms with van der Waals surface area (Å²) in [6, 6.07) is 1.94. The number of rotatable bonds is 4. The van der Waals surface area contributed by atoms with E-state index in [2.05, 4.69) is 14.8 Å². The highest BCUT2D eigenvalue weighted by Crippen LogP contribution is 2.24. The second-order valence-electron chi connectivity index (χ2n) is 5.16. The fourth-order valence-electron chi connectivity index (χ4n) is 2.23. The third kappa shape index (κ3) is 4.47. The first-order valence-corrected chi connectivity index (χ1v) is 7.36. The normalized spacial score (nSPS) is 15.9. The molecule has 0 aliphatic carbocycles. The van der Waals surface area contributed by atoms with Crippen LogP contribution < -0.4 is 4.90 Å². The lowest BCUT2D eigenvalue weighted by Gasteiger charge is -2.36. The fraction of sp³-hybridized carbons (Fsp3) is 0.571. The topological polar surface area (TPSA) is 48.9 Å². The molecule has 116 valence electrons. The van der Waals surface area contributed by atoms with Crippen molar-refractivity contribution in [1.29, 1.82) is 0 Å². The Morgan fingerprint density at radius 2 is 2.10 bits per heavy atom. The molecular weight excluding hydrogens is 292 g/mol. The monoisotopic (exact) mass is 312 g/mol. The van der Waals surface area contributed by atoms with E-state index in [1.54, 1.807) is 26.5 Å². The third-order valence-electron chi connectivity index (χ3n) is 3.46. The molecule has 0 aromatic carbocycles. The van der Waals surface area contributed by atoms with Crippen LogP contribution in [0.1, 0.15) is 0 Å². The molecule has 0 saturated carbocycles. The molecule has 0 radical (unpaired) electrons. The first-order valence-electron chi connectivity index (χ1n) is 6.99. The van der Waals surface area contributed by atoms with E-state index in [-0.39, 0.29) is 6.09 Å². The van der Waals surface area contributed by atoms with Crippen molar-refractivity contribution in [3.63, 3.8) is 0 Å². The van der Waals surface area contributed by atoms with Gasteiger partial charge in [-0.3, -0.25) is 9.88 Å². The van der Waals surface area contributed by atoms with Gasteiger partial charge >= 0.3 is 6.09 Å². The van der Waals surface area contributed by atoms with Crippen molar-refractivity contribution in [3.8, 4) is 0 Å². The summed E-state index contributed by atoms with van der Waals surface area (Å²) >= 11 is 6.16. The molecule has 1 fully saturated rings. The van der Waals surface area contributed by atoms with Gasteiger partial charge in [-0.1, -0.05) is 11.6 Å². The molecule has 1 aromatic heterocycles. The van der Waals surface area contributed by atoms with Gasteiger partial charge in [-0.15, -0.1) is 0 Å². The number of carbonyl (C=O) groups is 1. The zero-order valence-electron chi connectivity index (χ0n) is 12.5. The Labute approximate surface area is 130 Å². The summed E-state index contributed by atoms with van der Waals surface area (Å²) < 4.78 is 5.14. The lowest BCUT2D eigenvalue weighted by Crippen LogP contribution is -2.47. The highest BCUT2D eigenvalue weighted by Gasteiger charge is 2.19. The average Bonchev–Trinajstić information content (AvgIpc) is 2.48. The Bertz CT molecular complexity index is 476. The number of nitrogens with zero attached hydrogens (tertiary/aromatic N) is 4. The van der Waals surface area contributed by atoms with Crippen LogP contribution >= 0.6 is 11.6 Å². The smallest absolute Gasteiger partial charge is 0.409 e. The Balaban J connectivity index is 1.74. The van der Waals surface area contributed by atoms with E-state index in [0.29, 0.717) is 11.6 Å². The van der Waals surface area contributed by atoms with Crippen LogP contribution in [0.25, 0.3) is 0 Å². The van der Waals surface area contributed by atoms with Gasteiger partial charge < -0.3 is 14.5 Å². The molecule has 0 spiro atoms. The van der Waals surface area contributed by atoms with Crippen LogP contribution in [0.2, 0.25) is 5.02 Å². The van der Waals surface area contributed by atoms with Crippen molar-refractivity contribution in [1.82, 2.24) is 14.8 Å². The van der Waals surface area contributed by atoms with Gasteiger partial charge in [0, 0.05) is 59.2 Å². The fourth-order valence-corrected chi connectivity index (χ4v) is 2.47. The molecule has 1 saturated heterocycles. The standard InChI is InChI=1S/C14H21ClN4O2/c1-17(2)14(20)21-10-9-18-5-7-19(8-6-18)13-3-4-16-11-12(13)15/h3-4,11H,5-10H2,1-2H3. The third-order valence-corrected chi connectivity index (χ3v) is 3.75. The van der Waals surface area contributed by atoms with Gasteiger partial charge in [-0.25, -0.2) is 4.79 Å². The summed E-state index contributed by atoms with van der Waals surface area (Å²) in [7, 11) is 3.36. The van der Waals surface area contributed by atoms with Crippen LogP contribution in [-0.4, -0.2) is 74.3 Å². The number of aromatic nitrogens is 1. The van der Waals surface area contributed by atoms with E-state index < -0.39 is 0 Å². The van der Waals surface area contributed by atoms with Crippen molar-refractivity contribution in [2.24, 2.45) is 0 Å². The second-order valence-corrected chi connectivity index (χ2v) is 5.57. The predicted octanol–water partition coefficient (Wildman–Crippen LogP) is 1.56. The average molecular weight is 313 g/mol. The molecule has 1 aliphatic heterocycles. The van der Waals surface area contributed by atoms with Crippen molar-refractivity contribution in [3.05, 3.63) is 23.5 Å². The Morgan fingerprint density at radius 3 is 2.71 bits per heavy atom. The molecule has 0 N–H and O–H groups in total. The SMILES string of the molecule is CN(C)C(=O)OCCN1CCN(c2ccncc2Cl)CC1. The Hall–Kier alpha value is -1.53. The van der Waals surface area contributed by atoms with E-state index in [4.69, 9.17) is 16.3 Å². The summed E-state index contributed by atoms with van der Waals surface area (Å²) in [5.74, 6) is 0. The number of anilines is 1. The zero-order valence-corrected chi connectivity index (χ0v) is 13.2. The number of ether oxygens (including phenoxy) is 1. The summed E-state index contributed by atoms with van der Waals surface area (Å²) in [5.41, 5.74) is 1.03. The first-order chi connectivity index (χ1) is 10.1. The molecule has 2 heterocycles. The minimum absolute atomic E-state index is 0.294. The Kier molecular flexibility index (Phi) is 5.64. The maximum atomic E-state index is 11.3. The van der Waals surface area contributed by atoms with Crippen LogP contribution in [0.4, 0.5) is 10.5 Å². The van der Waals surface area contributed by atoms with Gasteiger partial charge in [0.1, 0.15) is 6.61 Å². The van der Waals surface area contributed by atoms with E-state index in [1.807, 2.05) is 6.07 Å². The van der Waals surface area contributed by atoms with Gasteiger partial charge in [-0.05, 0) is 6.07 Å². The van der Waals surface area contributed by atoms with Crippen molar-refractivity contribution in [2.75, 3.05) is 58.3 Å². The lowest BCUT2D eigenvalue weighted by molar-refractivity contribution is 0.102. The quantitative estimate of drug-likeness (QED) is 0.844.